The monoisotopic (exact) mass is 1300 g/mol. The Labute approximate surface area is 498 Å². The van der Waals surface area contributed by atoms with Gasteiger partial charge in [-0.05, 0) is 136 Å². The molecule has 4 N–H and O–H groups in total. The second-order valence-corrected chi connectivity index (χ2v) is 25.6. The molecule has 0 radical (unpaired) electrons. The van der Waals surface area contributed by atoms with Crippen molar-refractivity contribution < 1.29 is 74.0 Å². The van der Waals surface area contributed by atoms with Crippen molar-refractivity contribution in [3.05, 3.63) is 118 Å². The molecule has 85 heavy (non-hydrogen) atoms. The molecule has 0 amide bonds. The number of para-hydroxylation sites is 1. The van der Waals surface area contributed by atoms with Crippen LogP contribution in [0.3, 0.4) is 0 Å². The normalized spacial score (nSPS) is 12.0. The molecule has 2 aromatic heterocycles. The van der Waals surface area contributed by atoms with Gasteiger partial charge in [0.2, 0.25) is 5.88 Å². The zero-order chi connectivity index (χ0) is 62.8. The van der Waals surface area contributed by atoms with Crippen molar-refractivity contribution in [2.45, 2.75) is 63.7 Å². The Morgan fingerprint density at radius 2 is 1.01 bits per heavy atom. The van der Waals surface area contributed by atoms with Crippen molar-refractivity contribution in [1.82, 2.24) is 9.38 Å². The molecule has 0 bridgehead atoms. The number of pyridine rings is 1. The lowest BCUT2D eigenvalue weighted by Crippen LogP contribution is -2.08. The molecule has 0 atom stereocenters. The molecule has 450 valence electrons. The first-order valence-electron chi connectivity index (χ1n) is 24.4. The molecule has 0 fully saturated rings. The average molecular weight is 1300 g/mol. The van der Waals surface area contributed by atoms with Gasteiger partial charge in [-0.1, -0.05) is 30.3 Å². The van der Waals surface area contributed by atoms with Gasteiger partial charge < -0.3 is 9.84 Å². The molecular weight excluding hydrogens is 1250 g/mol. The highest BCUT2D eigenvalue weighted by Gasteiger charge is 2.22. The Morgan fingerprint density at radius 1 is 0.565 bits per heavy atom. The molecule has 0 aliphatic heterocycles. The van der Waals surface area contributed by atoms with E-state index in [-0.39, 0.29) is 71.5 Å². The molecule has 0 saturated heterocycles. The lowest BCUT2D eigenvalue weighted by molar-refractivity contribution is 0.317. The summed E-state index contributed by atoms with van der Waals surface area (Å²) in [6.07, 6.45) is 0.144. The van der Waals surface area contributed by atoms with Crippen molar-refractivity contribution in [2.24, 2.45) is 40.9 Å². The molecule has 7 rings (SSSR count). The van der Waals surface area contributed by atoms with Gasteiger partial charge in [-0.25, -0.2) is 4.98 Å². The molecule has 0 aliphatic carbocycles. The predicted octanol–water partition coefficient (Wildman–Crippen LogP) is 11.7. The minimum atomic E-state index is -4.31. The molecule has 0 spiro atoms. The Balaban J connectivity index is 0.00000155. The molecule has 35 heteroatoms. The first-order valence-corrected chi connectivity index (χ1v) is 33.2. The molecule has 0 saturated carbocycles. The molecule has 2 heterocycles. The number of hydrogen-bond acceptors (Lipinski definition) is 26. The summed E-state index contributed by atoms with van der Waals surface area (Å²) in [5.74, 6) is -1.18. The average Bonchev–Trinajstić information content (AvgIpc) is 1.68. The third-order valence-electron chi connectivity index (χ3n) is 11.4. The highest BCUT2D eigenvalue weighted by Crippen LogP contribution is 2.44. The molecule has 7 aromatic rings. The Kier molecular flexibility index (Phi) is 24.7. The van der Waals surface area contributed by atoms with Crippen LogP contribution in [0.2, 0.25) is 0 Å². The first kappa shape index (κ1) is 68.0. The van der Waals surface area contributed by atoms with Gasteiger partial charge >= 0.3 is 21.2 Å². The number of nitriles is 1. The first-order chi connectivity index (χ1) is 39.9. The van der Waals surface area contributed by atoms with Crippen LogP contribution in [0.15, 0.2) is 136 Å². The van der Waals surface area contributed by atoms with E-state index in [1.807, 2.05) is 38.1 Å². The summed E-state index contributed by atoms with van der Waals surface area (Å²) in [5, 5.41) is 57.8. The van der Waals surface area contributed by atoms with E-state index in [0.717, 1.165) is 11.1 Å². The van der Waals surface area contributed by atoms with E-state index < -0.39 is 68.8 Å². The van der Waals surface area contributed by atoms with E-state index in [0.29, 0.717) is 71.7 Å². The predicted molar refractivity (Wildman–Crippen MR) is 315 cm³/mol. The van der Waals surface area contributed by atoms with Crippen molar-refractivity contribution in [1.29, 1.82) is 5.26 Å². The highest BCUT2D eigenvalue weighted by molar-refractivity contribution is 7.99. The Hall–Kier alpha value is -7.79. The summed E-state index contributed by atoms with van der Waals surface area (Å²) in [6, 6.07) is 26.8. The zero-order valence-corrected chi connectivity index (χ0v) is 51.0. The topological polar surface area (TPSA) is 435 Å². The summed E-state index contributed by atoms with van der Waals surface area (Å²) in [4.78, 5) is 5.77. The summed E-state index contributed by atoms with van der Waals surface area (Å²) in [7, 11) is -19.0. The quantitative estimate of drug-likeness (QED) is 0.0200. The van der Waals surface area contributed by atoms with Crippen LogP contribution in [-0.2, 0) is 51.6 Å². The number of aryl methyl sites for hydroxylation is 4. The SMILES string of the molecule is Cc1cc(N=Nc2cc(SCCCS(=O)(=O)O)c(N=Nc3cc(OCCCS(=O)(=O)O)c(N=Nc4c(C)c(C#N)c5nc6c(C)cccc6n5c4O)cc3C)cc2C)c(SCCCS(=O)(=O)O)cc1N=Nc1ccccc1.O=S(=O)=O.O=S(=O)=O. The molecule has 0 aliphatic rings. The third-order valence-corrected chi connectivity index (χ3v) is 16.1. The number of hydrogen-bond donors (Lipinski definition) is 4. The van der Waals surface area contributed by atoms with Crippen molar-refractivity contribution in [2.75, 3.05) is 35.4 Å². The van der Waals surface area contributed by atoms with Gasteiger partial charge in [-0.2, -0.15) is 51.0 Å². The highest BCUT2D eigenvalue weighted by atomic mass is 32.2. The van der Waals surface area contributed by atoms with Crippen LogP contribution < -0.4 is 4.74 Å². The smallest absolute Gasteiger partial charge is 0.425 e. The van der Waals surface area contributed by atoms with Crippen molar-refractivity contribution >= 4 is 137 Å². The molecule has 28 nitrogen and oxygen atoms in total. The summed E-state index contributed by atoms with van der Waals surface area (Å²) >= 11 is 2.54. The zero-order valence-electron chi connectivity index (χ0n) is 45.3. The van der Waals surface area contributed by atoms with Crippen LogP contribution in [0.4, 0.5) is 45.5 Å². The van der Waals surface area contributed by atoms with Crippen LogP contribution in [0.1, 0.15) is 52.6 Å². The van der Waals surface area contributed by atoms with Crippen LogP contribution in [0, 0.1) is 45.9 Å². The number of fused-ring (bicyclic) bond motifs is 3. The Morgan fingerprint density at radius 3 is 1.51 bits per heavy atom. The second-order valence-electron chi connectivity index (χ2n) is 17.8. The van der Waals surface area contributed by atoms with Gasteiger partial charge in [0.15, 0.2) is 11.3 Å². The lowest BCUT2D eigenvalue weighted by atomic mass is 10.1. The maximum absolute atomic E-state index is 11.6. The van der Waals surface area contributed by atoms with Gasteiger partial charge in [-0.15, -0.1) is 69.2 Å². The maximum Gasteiger partial charge on any atom is 0.425 e. The number of rotatable bonds is 23. The largest absolute Gasteiger partial charge is 0.493 e. The molecule has 5 aromatic carbocycles. The van der Waals surface area contributed by atoms with E-state index in [9.17, 15) is 49.3 Å². The van der Waals surface area contributed by atoms with Gasteiger partial charge in [0.25, 0.3) is 30.4 Å². The number of azo groups is 4. The number of imidazole rings is 1. The van der Waals surface area contributed by atoms with Crippen LogP contribution in [0.5, 0.6) is 11.6 Å². The number of aromatic hydroxyl groups is 1. The fourth-order valence-electron chi connectivity index (χ4n) is 7.52. The second kappa shape index (κ2) is 30.8. The van der Waals surface area contributed by atoms with Gasteiger partial charge in [0.05, 0.1) is 69.0 Å². The van der Waals surface area contributed by atoms with Gasteiger partial charge in [0.1, 0.15) is 23.1 Å². The van der Waals surface area contributed by atoms with Gasteiger partial charge in [-0.3, -0.25) is 18.1 Å². The van der Waals surface area contributed by atoms with Crippen LogP contribution >= 0.6 is 23.5 Å². The number of aromatic nitrogens is 2. The number of nitrogens with zero attached hydrogens (tertiary/aromatic N) is 11. The van der Waals surface area contributed by atoms with E-state index >= 15 is 0 Å². The molecule has 0 unspecified atom stereocenters. The number of ether oxygens (including phenoxy) is 1. The number of benzene rings is 5. The van der Waals surface area contributed by atoms with E-state index in [1.165, 1.54) is 34.0 Å². The Bertz CT molecular complexity index is 4370. The minimum absolute atomic E-state index is 0.0171. The number of thioether (sulfide) groups is 2. The van der Waals surface area contributed by atoms with Crippen LogP contribution in [-0.4, -0.2) is 114 Å². The summed E-state index contributed by atoms with van der Waals surface area (Å²) in [5.41, 5.74) is 7.36. The van der Waals surface area contributed by atoms with E-state index in [2.05, 4.69) is 52.0 Å². The lowest BCUT2D eigenvalue weighted by Gasteiger charge is -2.12. The summed E-state index contributed by atoms with van der Waals surface area (Å²) in [6.45, 7) is 8.62. The minimum Gasteiger partial charge on any atom is -0.493 e. The van der Waals surface area contributed by atoms with Crippen LogP contribution in [0.25, 0.3) is 16.7 Å². The maximum atomic E-state index is 11.6. The van der Waals surface area contributed by atoms with Crippen molar-refractivity contribution in [3.63, 3.8) is 0 Å². The fraction of sp³-hybridized carbons (Fsp3) is 0.280. The standard InChI is InChI=1S/C50H51N11O11S5.2O3S/c1-30-13-9-16-43-47(30)52-49-36(29-51)34(5)48(50(62)61(43)49)60-57-40-23-31(2)37(26-44(40)72-17-10-20-75(63,64)65)55-58-41-25-33(4)39(28-46(41)74-19-12-22-77(69,70)71)56-59-42-24-32(3)38(54-53-35-14-7-6-8-15-35)27-45(42)73-18-11-21-76(66,67)68;2*1-4(2)3/h6-9,13-16,23-28,62H,10-12,17-22H2,1-5H3,(H,63,64,65)(H,66,67,68)(H,69,70,71);;. The third kappa shape index (κ3) is 21.3. The van der Waals surface area contributed by atoms with Crippen molar-refractivity contribution in [3.8, 4) is 17.7 Å². The fourth-order valence-corrected chi connectivity index (χ4v) is 11.3. The summed E-state index contributed by atoms with van der Waals surface area (Å²) < 4.78 is 155. The van der Waals surface area contributed by atoms with E-state index in [4.69, 9.17) is 30.0 Å². The van der Waals surface area contributed by atoms with E-state index in [1.54, 1.807) is 75.4 Å². The molecular formula is C50H51N11O17S7. The van der Waals surface area contributed by atoms with Gasteiger partial charge in [0, 0.05) is 21.4 Å².